The van der Waals surface area contributed by atoms with Crippen LogP contribution in [0.15, 0.2) is 78.1 Å². The summed E-state index contributed by atoms with van der Waals surface area (Å²) in [7, 11) is 0. The predicted octanol–water partition coefficient (Wildman–Crippen LogP) is 5.28. The molecule has 0 aliphatic heterocycles. The van der Waals surface area contributed by atoms with Gasteiger partial charge in [-0.25, -0.2) is 4.98 Å². The number of thioether (sulfide) groups is 1. The SMILES string of the molecule is O=C(CSc1nnc(COc2ccccc2Cl)n1-c1ccccc1)Nc1ccc(Cl)cn1. The lowest BCUT2D eigenvalue weighted by molar-refractivity contribution is -0.113. The van der Waals surface area contributed by atoms with E-state index in [4.69, 9.17) is 27.9 Å². The standard InChI is InChI=1S/C22H17Cl2N5O2S/c23-15-10-11-19(25-12-15)26-21(30)14-32-22-28-27-20(29(22)16-6-2-1-3-7-16)13-31-18-9-5-4-8-17(18)24/h1-12H,13-14H2,(H,25,26,30). The van der Waals surface area contributed by atoms with Gasteiger partial charge in [0.2, 0.25) is 5.91 Å². The van der Waals surface area contributed by atoms with Gasteiger partial charge in [-0.1, -0.05) is 65.3 Å². The van der Waals surface area contributed by atoms with Gasteiger partial charge in [0.05, 0.1) is 15.8 Å². The van der Waals surface area contributed by atoms with Crippen molar-refractivity contribution in [3.05, 3.63) is 88.8 Å². The van der Waals surface area contributed by atoms with Gasteiger partial charge in [-0.3, -0.25) is 9.36 Å². The van der Waals surface area contributed by atoms with Gasteiger partial charge in [0.1, 0.15) is 18.2 Å². The number of para-hydroxylation sites is 2. The Kier molecular flexibility index (Phi) is 7.26. The van der Waals surface area contributed by atoms with Crippen molar-refractivity contribution in [3.8, 4) is 11.4 Å². The smallest absolute Gasteiger partial charge is 0.236 e. The van der Waals surface area contributed by atoms with Gasteiger partial charge in [0, 0.05) is 11.9 Å². The van der Waals surface area contributed by atoms with E-state index >= 15 is 0 Å². The number of pyridine rings is 1. The Labute approximate surface area is 198 Å². The molecule has 0 fully saturated rings. The first-order valence-electron chi connectivity index (χ1n) is 9.51. The number of carbonyl (C=O) groups is 1. The second-order valence-electron chi connectivity index (χ2n) is 6.49. The number of ether oxygens (including phenoxy) is 1. The van der Waals surface area contributed by atoms with Crippen molar-refractivity contribution in [2.45, 2.75) is 11.8 Å². The molecule has 2 aromatic heterocycles. The molecule has 2 heterocycles. The number of anilines is 1. The molecular weight excluding hydrogens is 469 g/mol. The zero-order chi connectivity index (χ0) is 22.3. The topological polar surface area (TPSA) is 81.9 Å². The number of hydrogen-bond acceptors (Lipinski definition) is 6. The molecule has 0 aliphatic carbocycles. The number of benzene rings is 2. The minimum atomic E-state index is -0.221. The highest BCUT2D eigenvalue weighted by atomic mass is 35.5. The van der Waals surface area contributed by atoms with Gasteiger partial charge in [0.15, 0.2) is 11.0 Å². The van der Waals surface area contributed by atoms with Crippen molar-refractivity contribution in [1.29, 1.82) is 0 Å². The third-order valence-corrected chi connectivity index (χ3v) is 5.70. The lowest BCUT2D eigenvalue weighted by atomic mass is 10.3. The predicted molar refractivity (Wildman–Crippen MR) is 126 cm³/mol. The molecule has 0 atom stereocenters. The largest absolute Gasteiger partial charge is 0.484 e. The minimum Gasteiger partial charge on any atom is -0.484 e. The van der Waals surface area contributed by atoms with E-state index in [1.807, 2.05) is 47.0 Å². The first kappa shape index (κ1) is 22.1. The zero-order valence-corrected chi connectivity index (χ0v) is 18.9. The summed E-state index contributed by atoms with van der Waals surface area (Å²) in [5, 5.41) is 12.9. The van der Waals surface area contributed by atoms with Crippen LogP contribution in [0.3, 0.4) is 0 Å². The molecule has 7 nitrogen and oxygen atoms in total. The highest BCUT2D eigenvalue weighted by Gasteiger charge is 2.17. The average Bonchev–Trinajstić information content (AvgIpc) is 3.22. The van der Waals surface area contributed by atoms with Crippen molar-refractivity contribution < 1.29 is 9.53 Å². The molecular formula is C22H17Cl2N5O2S. The number of carbonyl (C=O) groups excluding carboxylic acids is 1. The van der Waals surface area contributed by atoms with E-state index in [0.29, 0.717) is 32.6 Å². The Hall–Kier alpha value is -3.07. The van der Waals surface area contributed by atoms with Crippen LogP contribution in [0.1, 0.15) is 5.82 Å². The Morgan fingerprint density at radius 2 is 1.78 bits per heavy atom. The van der Waals surface area contributed by atoms with E-state index < -0.39 is 0 Å². The molecule has 1 N–H and O–H groups in total. The molecule has 4 rings (SSSR count). The average molecular weight is 486 g/mol. The molecule has 10 heteroatoms. The first-order chi connectivity index (χ1) is 15.6. The molecule has 32 heavy (non-hydrogen) atoms. The van der Waals surface area contributed by atoms with Crippen LogP contribution in [0.4, 0.5) is 5.82 Å². The molecule has 162 valence electrons. The number of hydrogen-bond donors (Lipinski definition) is 1. The summed E-state index contributed by atoms with van der Waals surface area (Å²) in [4.78, 5) is 16.4. The first-order valence-corrected chi connectivity index (χ1v) is 11.3. The fourth-order valence-corrected chi connectivity index (χ4v) is 3.86. The van der Waals surface area contributed by atoms with E-state index in [1.165, 1.54) is 18.0 Å². The van der Waals surface area contributed by atoms with Crippen LogP contribution in [-0.4, -0.2) is 31.4 Å². The third kappa shape index (κ3) is 5.59. The van der Waals surface area contributed by atoms with Crippen LogP contribution in [0.2, 0.25) is 10.0 Å². The Morgan fingerprint density at radius 3 is 2.53 bits per heavy atom. The minimum absolute atomic E-state index is 0.126. The monoisotopic (exact) mass is 485 g/mol. The number of halogens is 2. The van der Waals surface area contributed by atoms with Crippen molar-refractivity contribution in [2.75, 3.05) is 11.1 Å². The van der Waals surface area contributed by atoms with Crippen LogP contribution < -0.4 is 10.1 Å². The summed E-state index contributed by atoms with van der Waals surface area (Å²) in [5.41, 5.74) is 0.859. The fraction of sp³-hybridized carbons (Fsp3) is 0.0909. The van der Waals surface area contributed by atoms with Gasteiger partial charge < -0.3 is 10.1 Å². The van der Waals surface area contributed by atoms with Crippen LogP contribution >= 0.6 is 35.0 Å². The maximum absolute atomic E-state index is 12.4. The van der Waals surface area contributed by atoms with Gasteiger partial charge in [-0.2, -0.15) is 0 Å². The van der Waals surface area contributed by atoms with E-state index in [2.05, 4.69) is 20.5 Å². The Balaban J connectivity index is 1.49. The summed E-state index contributed by atoms with van der Waals surface area (Å²) < 4.78 is 7.71. The lowest BCUT2D eigenvalue weighted by Gasteiger charge is -2.11. The van der Waals surface area contributed by atoms with E-state index in [0.717, 1.165) is 5.69 Å². The summed E-state index contributed by atoms with van der Waals surface area (Å²) in [6.45, 7) is 0.160. The van der Waals surface area contributed by atoms with Crippen LogP contribution in [0.25, 0.3) is 5.69 Å². The number of nitrogens with zero attached hydrogens (tertiary/aromatic N) is 4. The van der Waals surface area contributed by atoms with E-state index in [9.17, 15) is 4.79 Å². The van der Waals surface area contributed by atoms with Crippen molar-refractivity contribution in [3.63, 3.8) is 0 Å². The molecule has 0 saturated heterocycles. The molecule has 0 saturated carbocycles. The quantitative estimate of drug-likeness (QED) is 0.342. The summed E-state index contributed by atoms with van der Waals surface area (Å²) >= 11 is 13.3. The molecule has 0 radical (unpaired) electrons. The maximum atomic E-state index is 12.4. The second kappa shape index (κ2) is 10.5. The van der Waals surface area contributed by atoms with Crippen molar-refractivity contribution in [2.24, 2.45) is 0 Å². The summed E-state index contributed by atoms with van der Waals surface area (Å²) in [5.74, 6) is 1.47. The molecule has 2 aromatic carbocycles. The molecule has 0 spiro atoms. The highest BCUT2D eigenvalue weighted by molar-refractivity contribution is 7.99. The number of rotatable bonds is 8. The maximum Gasteiger partial charge on any atom is 0.236 e. The Bertz CT molecular complexity index is 1200. The van der Waals surface area contributed by atoms with E-state index in [1.54, 1.807) is 24.3 Å². The van der Waals surface area contributed by atoms with Gasteiger partial charge in [0.25, 0.3) is 0 Å². The van der Waals surface area contributed by atoms with Crippen LogP contribution in [0, 0.1) is 0 Å². The molecule has 0 bridgehead atoms. The molecule has 0 aliphatic rings. The number of amides is 1. The number of aromatic nitrogens is 4. The number of nitrogens with one attached hydrogen (secondary N) is 1. The molecule has 4 aromatic rings. The van der Waals surface area contributed by atoms with Crippen LogP contribution in [0.5, 0.6) is 5.75 Å². The summed E-state index contributed by atoms with van der Waals surface area (Å²) in [6.07, 6.45) is 1.47. The van der Waals surface area contributed by atoms with Crippen molar-refractivity contribution >= 4 is 46.7 Å². The van der Waals surface area contributed by atoms with E-state index in [-0.39, 0.29) is 18.3 Å². The fourth-order valence-electron chi connectivity index (χ4n) is 2.79. The molecule has 1 amide bonds. The lowest BCUT2D eigenvalue weighted by Crippen LogP contribution is -2.15. The van der Waals surface area contributed by atoms with Crippen LogP contribution in [-0.2, 0) is 11.4 Å². The van der Waals surface area contributed by atoms with Gasteiger partial charge >= 0.3 is 0 Å². The second-order valence-corrected chi connectivity index (χ2v) is 8.27. The molecule has 0 unspecified atom stereocenters. The summed E-state index contributed by atoms with van der Waals surface area (Å²) in [6, 6.07) is 20.2. The third-order valence-electron chi connectivity index (χ3n) is 4.24. The normalized spacial score (nSPS) is 10.7. The van der Waals surface area contributed by atoms with Gasteiger partial charge in [-0.15, -0.1) is 10.2 Å². The highest BCUT2D eigenvalue weighted by Crippen LogP contribution is 2.26. The Morgan fingerprint density at radius 1 is 1.00 bits per heavy atom. The van der Waals surface area contributed by atoms with Crippen molar-refractivity contribution in [1.82, 2.24) is 19.7 Å². The zero-order valence-electron chi connectivity index (χ0n) is 16.6. The van der Waals surface area contributed by atoms with Gasteiger partial charge in [-0.05, 0) is 36.4 Å².